The molecule has 2 N–H and O–H groups in total. The van der Waals surface area contributed by atoms with Crippen LogP contribution in [0.1, 0.15) is 29.3 Å². The zero-order valence-electron chi connectivity index (χ0n) is 13.1. The molecule has 120 valence electrons. The molecule has 2 rings (SSSR count). The van der Waals surface area contributed by atoms with Crippen molar-refractivity contribution in [2.75, 3.05) is 5.32 Å². The maximum Gasteiger partial charge on any atom is 0.251 e. The van der Waals surface area contributed by atoms with Gasteiger partial charge in [0.25, 0.3) is 5.91 Å². The summed E-state index contributed by atoms with van der Waals surface area (Å²) in [5, 5.41) is 5.67. The number of benzene rings is 2. The van der Waals surface area contributed by atoms with Gasteiger partial charge in [-0.2, -0.15) is 0 Å². The van der Waals surface area contributed by atoms with Gasteiger partial charge in [0.2, 0.25) is 5.91 Å². The molecule has 2 aromatic carbocycles. The summed E-state index contributed by atoms with van der Waals surface area (Å²) in [7, 11) is 0. The highest BCUT2D eigenvalue weighted by atomic mass is 79.9. The summed E-state index contributed by atoms with van der Waals surface area (Å²) in [6, 6.07) is 14.3. The SMILES string of the molecule is Cc1cc(NC(=O)CC(C)NC(=O)c2ccccc2)ccc1Br. The number of carbonyl (C=O) groups excluding carboxylic acids is 2. The summed E-state index contributed by atoms with van der Waals surface area (Å²) >= 11 is 3.42. The van der Waals surface area contributed by atoms with Crippen LogP contribution in [0.15, 0.2) is 53.0 Å². The van der Waals surface area contributed by atoms with Crippen molar-refractivity contribution in [2.24, 2.45) is 0 Å². The van der Waals surface area contributed by atoms with Crippen molar-refractivity contribution in [2.45, 2.75) is 26.3 Å². The van der Waals surface area contributed by atoms with Gasteiger partial charge in [-0.25, -0.2) is 0 Å². The topological polar surface area (TPSA) is 58.2 Å². The van der Waals surface area contributed by atoms with Crippen LogP contribution in [0.2, 0.25) is 0 Å². The van der Waals surface area contributed by atoms with Crippen LogP contribution in [-0.2, 0) is 4.79 Å². The zero-order chi connectivity index (χ0) is 16.8. The van der Waals surface area contributed by atoms with E-state index in [0.717, 1.165) is 15.7 Å². The van der Waals surface area contributed by atoms with Crippen LogP contribution in [0.5, 0.6) is 0 Å². The molecule has 0 aliphatic carbocycles. The van der Waals surface area contributed by atoms with Gasteiger partial charge in [-0.05, 0) is 49.7 Å². The molecule has 0 saturated heterocycles. The second-order valence-corrected chi connectivity index (χ2v) is 6.31. The second kappa shape index (κ2) is 7.92. The third-order valence-corrected chi connectivity index (χ3v) is 4.24. The van der Waals surface area contributed by atoms with Gasteiger partial charge in [0, 0.05) is 28.2 Å². The predicted molar refractivity (Wildman–Crippen MR) is 95.5 cm³/mol. The van der Waals surface area contributed by atoms with Gasteiger partial charge in [-0.3, -0.25) is 9.59 Å². The fourth-order valence-corrected chi connectivity index (χ4v) is 2.41. The lowest BCUT2D eigenvalue weighted by Gasteiger charge is -2.14. The second-order valence-electron chi connectivity index (χ2n) is 5.46. The minimum absolute atomic E-state index is 0.132. The fourth-order valence-electron chi connectivity index (χ4n) is 2.16. The number of anilines is 1. The largest absolute Gasteiger partial charge is 0.349 e. The molecule has 5 heteroatoms. The van der Waals surface area contributed by atoms with Crippen molar-refractivity contribution in [1.29, 1.82) is 0 Å². The number of hydrogen-bond donors (Lipinski definition) is 2. The van der Waals surface area contributed by atoms with E-state index >= 15 is 0 Å². The molecule has 0 radical (unpaired) electrons. The van der Waals surface area contributed by atoms with E-state index in [4.69, 9.17) is 0 Å². The lowest BCUT2D eigenvalue weighted by molar-refractivity contribution is -0.116. The van der Waals surface area contributed by atoms with Crippen molar-refractivity contribution in [3.63, 3.8) is 0 Å². The lowest BCUT2D eigenvalue weighted by atomic mass is 10.1. The first-order chi connectivity index (χ1) is 11.0. The molecule has 0 aromatic heterocycles. The molecule has 0 bridgehead atoms. The number of halogens is 1. The Morgan fingerprint density at radius 1 is 1.13 bits per heavy atom. The summed E-state index contributed by atoms with van der Waals surface area (Å²) in [4.78, 5) is 24.1. The number of aryl methyl sites for hydroxylation is 1. The van der Waals surface area contributed by atoms with E-state index in [1.165, 1.54) is 0 Å². The fraction of sp³-hybridized carbons (Fsp3) is 0.222. The normalized spacial score (nSPS) is 11.6. The number of amides is 2. The Morgan fingerprint density at radius 2 is 1.83 bits per heavy atom. The first-order valence-corrected chi connectivity index (χ1v) is 8.17. The monoisotopic (exact) mass is 374 g/mol. The standard InChI is InChI=1S/C18H19BrN2O2/c1-12-10-15(8-9-16(12)19)21-17(22)11-13(2)20-18(23)14-6-4-3-5-7-14/h3-10,13H,11H2,1-2H3,(H,20,23)(H,21,22). The number of hydrogen-bond acceptors (Lipinski definition) is 2. The summed E-state index contributed by atoms with van der Waals surface area (Å²) in [5.74, 6) is -0.307. The molecule has 1 unspecified atom stereocenters. The van der Waals surface area contributed by atoms with Gasteiger partial charge in [-0.1, -0.05) is 34.1 Å². The molecule has 4 nitrogen and oxygen atoms in total. The molecule has 0 aliphatic heterocycles. The molecule has 2 aromatic rings. The van der Waals surface area contributed by atoms with Crippen LogP contribution >= 0.6 is 15.9 Å². The van der Waals surface area contributed by atoms with Gasteiger partial charge in [0.15, 0.2) is 0 Å². The van der Waals surface area contributed by atoms with Crippen LogP contribution in [-0.4, -0.2) is 17.9 Å². The molecule has 23 heavy (non-hydrogen) atoms. The predicted octanol–water partition coefficient (Wildman–Crippen LogP) is 3.90. The van der Waals surface area contributed by atoms with Gasteiger partial charge < -0.3 is 10.6 Å². The first kappa shape index (κ1) is 17.2. The first-order valence-electron chi connectivity index (χ1n) is 7.37. The molecule has 0 heterocycles. The van der Waals surface area contributed by atoms with Crippen molar-refractivity contribution in [3.8, 4) is 0 Å². The molecule has 2 amide bonds. The minimum Gasteiger partial charge on any atom is -0.349 e. The van der Waals surface area contributed by atoms with Gasteiger partial charge in [0.05, 0.1) is 0 Å². The maximum atomic E-state index is 12.1. The average Bonchev–Trinajstić information content (AvgIpc) is 2.51. The highest BCUT2D eigenvalue weighted by molar-refractivity contribution is 9.10. The van der Waals surface area contributed by atoms with Crippen molar-refractivity contribution >= 4 is 33.4 Å². The summed E-state index contributed by atoms with van der Waals surface area (Å²) < 4.78 is 0.999. The van der Waals surface area contributed by atoms with Gasteiger partial charge in [-0.15, -0.1) is 0 Å². The van der Waals surface area contributed by atoms with E-state index < -0.39 is 0 Å². The number of nitrogens with one attached hydrogen (secondary N) is 2. The Balaban J connectivity index is 1.87. The van der Waals surface area contributed by atoms with Crippen LogP contribution < -0.4 is 10.6 Å². The molecule has 0 spiro atoms. The smallest absolute Gasteiger partial charge is 0.251 e. The molecule has 0 aliphatic rings. The van der Waals surface area contributed by atoms with Crippen LogP contribution in [0.4, 0.5) is 5.69 Å². The number of carbonyl (C=O) groups is 2. The van der Waals surface area contributed by atoms with E-state index in [2.05, 4.69) is 26.6 Å². The molecule has 1 atom stereocenters. The Morgan fingerprint density at radius 3 is 2.48 bits per heavy atom. The number of rotatable bonds is 5. The van der Waals surface area contributed by atoms with Gasteiger partial charge in [0.1, 0.15) is 0 Å². The van der Waals surface area contributed by atoms with Gasteiger partial charge >= 0.3 is 0 Å². The Bertz CT molecular complexity index is 701. The molecule has 0 fully saturated rings. The van der Waals surface area contributed by atoms with Crippen LogP contribution in [0.25, 0.3) is 0 Å². The van der Waals surface area contributed by atoms with E-state index in [0.29, 0.717) is 5.56 Å². The molecular weight excluding hydrogens is 356 g/mol. The van der Waals surface area contributed by atoms with E-state index in [9.17, 15) is 9.59 Å². The van der Waals surface area contributed by atoms with E-state index in [1.54, 1.807) is 12.1 Å². The van der Waals surface area contributed by atoms with Crippen LogP contribution in [0.3, 0.4) is 0 Å². The summed E-state index contributed by atoms with van der Waals surface area (Å²) in [6.07, 6.45) is 0.216. The highest BCUT2D eigenvalue weighted by Crippen LogP contribution is 2.20. The average molecular weight is 375 g/mol. The maximum absolute atomic E-state index is 12.1. The summed E-state index contributed by atoms with van der Waals surface area (Å²) in [6.45, 7) is 3.77. The quantitative estimate of drug-likeness (QED) is 0.833. The van der Waals surface area contributed by atoms with Crippen molar-refractivity contribution < 1.29 is 9.59 Å². The Labute approximate surface area is 144 Å². The van der Waals surface area contributed by atoms with Crippen LogP contribution in [0, 0.1) is 6.92 Å². The highest BCUT2D eigenvalue weighted by Gasteiger charge is 2.13. The summed E-state index contributed by atoms with van der Waals surface area (Å²) in [5.41, 5.74) is 2.38. The Kier molecular flexibility index (Phi) is 5.93. The molecular formula is C18H19BrN2O2. The third-order valence-electron chi connectivity index (χ3n) is 3.35. The van der Waals surface area contributed by atoms with Crippen molar-refractivity contribution in [3.05, 3.63) is 64.1 Å². The van der Waals surface area contributed by atoms with E-state index in [-0.39, 0.29) is 24.3 Å². The minimum atomic E-state index is -0.251. The zero-order valence-corrected chi connectivity index (χ0v) is 14.7. The third kappa shape index (κ3) is 5.21. The Hall–Kier alpha value is -2.14. The lowest BCUT2D eigenvalue weighted by Crippen LogP contribution is -2.35. The van der Waals surface area contributed by atoms with Crippen molar-refractivity contribution in [1.82, 2.24) is 5.32 Å². The van der Waals surface area contributed by atoms with E-state index in [1.807, 2.05) is 50.2 Å². The molecule has 0 saturated carbocycles.